The Morgan fingerprint density at radius 3 is 2.14 bits per heavy atom. The van der Waals surface area contributed by atoms with Gasteiger partial charge in [-0.1, -0.05) is 41.9 Å². The zero-order valence-corrected chi connectivity index (χ0v) is 17.1. The van der Waals surface area contributed by atoms with Gasteiger partial charge in [-0.25, -0.2) is 0 Å². The molecule has 0 unspecified atom stereocenters. The van der Waals surface area contributed by atoms with Gasteiger partial charge in [-0.3, -0.25) is 25.2 Å². The van der Waals surface area contributed by atoms with Gasteiger partial charge in [-0.15, -0.1) is 0 Å². The van der Waals surface area contributed by atoms with E-state index < -0.39 is 11.8 Å². The normalized spacial score (nSPS) is 10.2. The molecule has 0 aromatic heterocycles. The maximum absolute atomic E-state index is 11.8. The van der Waals surface area contributed by atoms with Crippen LogP contribution in [-0.2, 0) is 20.9 Å². The van der Waals surface area contributed by atoms with E-state index in [1.54, 1.807) is 12.1 Å². The van der Waals surface area contributed by atoms with Crippen LogP contribution in [0.3, 0.4) is 0 Å². The Morgan fingerprint density at radius 1 is 0.897 bits per heavy atom. The predicted octanol–water partition coefficient (Wildman–Crippen LogP) is 2.58. The van der Waals surface area contributed by atoms with Crippen molar-refractivity contribution in [1.29, 1.82) is 0 Å². The van der Waals surface area contributed by atoms with Gasteiger partial charge in [0.2, 0.25) is 11.8 Å². The lowest BCUT2D eigenvalue weighted by Crippen LogP contribution is -2.44. The second kappa shape index (κ2) is 11.1. The Kier molecular flexibility index (Phi) is 8.48. The topological polar surface area (TPSA) is 96.5 Å². The summed E-state index contributed by atoms with van der Waals surface area (Å²) in [4.78, 5) is 35.4. The van der Waals surface area contributed by atoms with Crippen LogP contribution in [0.15, 0.2) is 42.5 Å². The number of amides is 3. The predicted molar refractivity (Wildman–Crippen MR) is 110 cm³/mol. The molecule has 0 radical (unpaired) electrons. The number of carbonyl (C=O) groups is 3. The molecule has 0 fully saturated rings. The van der Waals surface area contributed by atoms with Crippen molar-refractivity contribution in [2.75, 3.05) is 6.61 Å². The fourth-order valence-electron chi connectivity index (χ4n) is 2.49. The number of hydrazine groups is 1. The molecule has 3 amide bonds. The van der Waals surface area contributed by atoms with E-state index in [2.05, 4.69) is 16.2 Å². The third-order valence-corrected chi connectivity index (χ3v) is 4.63. The van der Waals surface area contributed by atoms with Crippen LogP contribution in [0.4, 0.5) is 0 Å². The Labute approximate surface area is 174 Å². The van der Waals surface area contributed by atoms with Gasteiger partial charge in [0.15, 0.2) is 6.61 Å². The third-order valence-electron chi connectivity index (χ3n) is 4.03. The average Bonchev–Trinajstić information content (AvgIpc) is 2.72. The van der Waals surface area contributed by atoms with Crippen LogP contribution in [0.1, 0.15) is 29.5 Å². The van der Waals surface area contributed by atoms with Crippen molar-refractivity contribution in [2.24, 2.45) is 0 Å². The van der Waals surface area contributed by atoms with Gasteiger partial charge in [0.25, 0.3) is 5.91 Å². The summed E-state index contributed by atoms with van der Waals surface area (Å²) in [7, 11) is 0. The summed E-state index contributed by atoms with van der Waals surface area (Å²) in [6, 6.07) is 12.9. The largest absolute Gasteiger partial charge is 0.484 e. The van der Waals surface area contributed by atoms with Gasteiger partial charge in [0.1, 0.15) is 5.75 Å². The summed E-state index contributed by atoms with van der Waals surface area (Å²) in [6.45, 7) is 3.83. The fourth-order valence-corrected chi connectivity index (χ4v) is 2.60. The highest BCUT2D eigenvalue weighted by Gasteiger charge is 2.10. The minimum atomic E-state index is -0.517. The number of hydrogen-bond donors (Lipinski definition) is 3. The molecular weight excluding hydrogens is 394 g/mol. The first-order chi connectivity index (χ1) is 13.8. The third kappa shape index (κ3) is 7.83. The van der Waals surface area contributed by atoms with Gasteiger partial charge < -0.3 is 10.1 Å². The summed E-state index contributed by atoms with van der Waals surface area (Å²) < 4.78 is 5.40. The van der Waals surface area contributed by atoms with Crippen LogP contribution in [0.25, 0.3) is 0 Å². The first kappa shape index (κ1) is 22.2. The van der Waals surface area contributed by atoms with Crippen LogP contribution in [-0.4, -0.2) is 24.3 Å². The van der Waals surface area contributed by atoms with E-state index in [4.69, 9.17) is 16.3 Å². The van der Waals surface area contributed by atoms with Gasteiger partial charge >= 0.3 is 0 Å². The highest BCUT2D eigenvalue weighted by molar-refractivity contribution is 6.32. The number of halogens is 1. The molecule has 2 aromatic carbocycles. The van der Waals surface area contributed by atoms with Crippen molar-refractivity contribution in [2.45, 2.75) is 33.2 Å². The maximum Gasteiger partial charge on any atom is 0.276 e. The molecule has 8 heteroatoms. The molecule has 0 aliphatic heterocycles. The minimum Gasteiger partial charge on any atom is -0.484 e. The molecule has 29 heavy (non-hydrogen) atoms. The second-order valence-electron chi connectivity index (χ2n) is 6.52. The Bertz CT molecular complexity index is 848. The fraction of sp³-hybridized carbons (Fsp3) is 0.286. The number of ether oxygens (including phenoxy) is 1. The minimum absolute atomic E-state index is 0.0222. The Hall–Kier alpha value is -3.06. The van der Waals surface area contributed by atoms with E-state index in [9.17, 15) is 14.4 Å². The van der Waals surface area contributed by atoms with E-state index >= 15 is 0 Å². The van der Waals surface area contributed by atoms with Crippen LogP contribution in [0, 0.1) is 13.8 Å². The molecule has 154 valence electrons. The first-order valence-electron chi connectivity index (χ1n) is 9.13. The summed E-state index contributed by atoms with van der Waals surface area (Å²) in [5, 5.41) is 3.39. The summed E-state index contributed by atoms with van der Waals surface area (Å²) in [5.41, 5.74) is 7.19. The molecule has 3 N–H and O–H groups in total. The zero-order valence-electron chi connectivity index (χ0n) is 16.4. The molecule has 2 aromatic rings. The average molecular weight is 418 g/mol. The molecule has 0 aliphatic rings. The van der Waals surface area contributed by atoms with Crippen LogP contribution < -0.4 is 20.9 Å². The highest BCUT2D eigenvalue weighted by atomic mass is 35.5. The van der Waals surface area contributed by atoms with Gasteiger partial charge in [-0.2, -0.15) is 0 Å². The van der Waals surface area contributed by atoms with Crippen molar-refractivity contribution >= 4 is 29.3 Å². The molecule has 0 bridgehead atoms. The van der Waals surface area contributed by atoms with E-state index in [0.29, 0.717) is 17.3 Å². The Morgan fingerprint density at radius 2 is 1.48 bits per heavy atom. The second-order valence-corrected chi connectivity index (χ2v) is 6.90. The summed E-state index contributed by atoms with van der Waals surface area (Å²) >= 11 is 6.09. The monoisotopic (exact) mass is 417 g/mol. The molecule has 2 rings (SSSR count). The number of rotatable bonds is 8. The van der Waals surface area contributed by atoms with Crippen molar-refractivity contribution in [3.05, 3.63) is 64.2 Å². The molecule has 0 heterocycles. The Balaban J connectivity index is 1.63. The van der Waals surface area contributed by atoms with E-state index in [0.717, 1.165) is 16.7 Å². The molecular formula is C21H24ClN3O4. The highest BCUT2D eigenvalue weighted by Crippen LogP contribution is 2.25. The van der Waals surface area contributed by atoms with Gasteiger partial charge in [-0.05, 0) is 42.7 Å². The van der Waals surface area contributed by atoms with Crippen LogP contribution in [0.5, 0.6) is 5.75 Å². The lowest BCUT2D eigenvalue weighted by molar-refractivity contribution is -0.131. The smallest absolute Gasteiger partial charge is 0.276 e. The lowest BCUT2D eigenvalue weighted by Gasteiger charge is -2.11. The molecule has 0 atom stereocenters. The number of nitrogens with one attached hydrogen (secondary N) is 3. The number of hydrogen-bond acceptors (Lipinski definition) is 4. The van der Waals surface area contributed by atoms with Crippen molar-refractivity contribution in [3.8, 4) is 5.75 Å². The number of benzene rings is 2. The molecule has 7 nitrogen and oxygen atoms in total. The molecule has 0 aliphatic carbocycles. The SMILES string of the molecule is Cc1cc(OCC(=O)NNC(=O)CCC(=O)NCc2ccccc2)cc(C)c1Cl. The van der Waals surface area contributed by atoms with Crippen LogP contribution >= 0.6 is 11.6 Å². The van der Waals surface area contributed by atoms with E-state index in [1.165, 1.54) is 0 Å². The van der Waals surface area contributed by atoms with Crippen molar-refractivity contribution in [3.63, 3.8) is 0 Å². The summed E-state index contributed by atoms with van der Waals surface area (Å²) in [5.74, 6) is -0.711. The lowest BCUT2D eigenvalue weighted by atomic mass is 10.1. The zero-order chi connectivity index (χ0) is 21.2. The maximum atomic E-state index is 11.8. The van der Waals surface area contributed by atoms with E-state index in [-0.39, 0.29) is 25.4 Å². The molecule has 0 saturated carbocycles. The molecule has 0 spiro atoms. The van der Waals surface area contributed by atoms with Crippen molar-refractivity contribution < 1.29 is 19.1 Å². The van der Waals surface area contributed by atoms with E-state index in [1.807, 2.05) is 44.2 Å². The van der Waals surface area contributed by atoms with Crippen molar-refractivity contribution in [1.82, 2.24) is 16.2 Å². The van der Waals surface area contributed by atoms with Crippen LogP contribution in [0.2, 0.25) is 5.02 Å². The van der Waals surface area contributed by atoms with Gasteiger partial charge in [0.05, 0.1) is 0 Å². The quantitative estimate of drug-likeness (QED) is 0.575. The summed E-state index contributed by atoms with van der Waals surface area (Å²) in [6.07, 6.45) is -0.0221. The first-order valence-corrected chi connectivity index (χ1v) is 9.51. The molecule has 0 saturated heterocycles. The standard InChI is InChI=1S/C21H24ClN3O4/c1-14-10-17(11-15(2)21(14)22)29-13-20(28)25-24-19(27)9-8-18(26)23-12-16-6-4-3-5-7-16/h3-7,10-11H,8-9,12-13H2,1-2H3,(H,23,26)(H,24,27)(H,25,28). The number of aryl methyl sites for hydroxylation is 2. The van der Waals surface area contributed by atoms with Gasteiger partial charge in [0, 0.05) is 24.4 Å². The number of carbonyl (C=O) groups excluding carboxylic acids is 3.